The molecule has 1 heterocycles. The summed E-state index contributed by atoms with van der Waals surface area (Å²) in [5.41, 5.74) is 2.49. The maximum Gasteiger partial charge on any atom is 0.238 e. The number of sulfonamides is 1. The lowest BCUT2D eigenvalue weighted by molar-refractivity contribution is 0.597. The Morgan fingerprint density at radius 1 is 1.29 bits per heavy atom. The summed E-state index contributed by atoms with van der Waals surface area (Å²) in [6.45, 7) is 1.72. The van der Waals surface area contributed by atoms with Crippen molar-refractivity contribution >= 4 is 10.0 Å². The fourth-order valence-electron chi connectivity index (χ4n) is 1.72. The monoisotopic (exact) mass is 251 g/mol. The fourth-order valence-corrected chi connectivity index (χ4v) is 2.48. The largest absolute Gasteiger partial charge is 0.275 e. The Kier molecular flexibility index (Phi) is 2.76. The molecular formula is C11H13N3O2S. The number of aryl methyl sites for hydroxylation is 2. The molecule has 1 aromatic heterocycles. The van der Waals surface area contributed by atoms with Crippen molar-refractivity contribution in [2.24, 2.45) is 12.2 Å². The van der Waals surface area contributed by atoms with Gasteiger partial charge in [0.15, 0.2) is 0 Å². The minimum absolute atomic E-state index is 0.158. The normalized spacial score (nSPS) is 11.7. The van der Waals surface area contributed by atoms with Gasteiger partial charge in [-0.05, 0) is 30.2 Å². The molecule has 2 aromatic rings. The van der Waals surface area contributed by atoms with Gasteiger partial charge in [-0.2, -0.15) is 5.10 Å². The smallest absolute Gasteiger partial charge is 0.238 e. The van der Waals surface area contributed by atoms with E-state index in [9.17, 15) is 8.42 Å². The van der Waals surface area contributed by atoms with E-state index in [1.54, 1.807) is 29.9 Å². The van der Waals surface area contributed by atoms with Gasteiger partial charge in [-0.25, -0.2) is 13.6 Å². The summed E-state index contributed by atoms with van der Waals surface area (Å²) in [6.07, 6.45) is 3.59. The van der Waals surface area contributed by atoms with E-state index in [0.29, 0.717) is 5.56 Å². The molecule has 0 saturated carbocycles. The first-order valence-electron chi connectivity index (χ1n) is 5.00. The van der Waals surface area contributed by atoms with Crippen LogP contribution in [-0.4, -0.2) is 18.2 Å². The number of nitrogens with zero attached hydrogens (tertiary/aromatic N) is 2. The number of hydrogen-bond acceptors (Lipinski definition) is 3. The second-order valence-electron chi connectivity index (χ2n) is 3.93. The Labute approximate surface area is 99.9 Å². The van der Waals surface area contributed by atoms with Gasteiger partial charge in [0.25, 0.3) is 0 Å². The summed E-state index contributed by atoms with van der Waals surface area (Å²) in [7, 11) is -1.82. The topological polar surface area (TPSA) is 78.0 Å². The van der Waals surface area contributed by atoms with Crippen molar-refractivity contribution < 1.29 is 8.42 Å². The molecule has 2 N–H and O–H groups in total. The number of hydrogen-bond donors (Lipinski definition) is 1. The standard InChI is InChI=1S/C11H13N3O2S/c1-8-5-9(10-6-13-14(2)7-10)3-4-11(8)17(12,15)16/h3-7H,1-2H3,(H2,12,15,16). The Balaban J connectivity index is 2.52. The lowest BCUT2D eigenvalue weighted by atomic mass is 10.1. The van der Waals surface area contributed by atoms with Gasteiger partial charge in [0.2, 0.25) is 10.0 Å². The molecule has 0 atom stereocenters. The van der Waals surface area contributed by atoms with Gasteiger partial charge in [0.1, 0.15) is 0 Å². The van der Waals surface area contributed by atoms with Crippen LogP contribution >= 0.6 is 0 Å². The molecule has 1 aromatic carbocycles. The van der Waals surface area contributed by atoms with E-state index in [1.165, 1.54) is 6.07 Å². The summed E-state index contributed by atoms with van der Waals surface area (Å²) < 4.78 is 24.2. The van der Waals surface area contributed by atoms with Crippen LogP contribution in [0.2, 0.25) is 0 Å². The molecule has 0 unspecified atom stereocenters. The molecule has 0 bridgehead atoms. The van der Waals surface area contributed by atoms with E-state index >= 15 is 0 Å². The average Bonchev–Trinajstić information content (AvgIpc) is 2.62. The second-order valence-corrected chi connectivity index (χ2v) is 5.46. The molecule has 0 amide bonds. The molecular weight excluding hydrogens is 238 g/mol. The quantitative estimate of drug-likeness (QED) is 0.866. The average molecular weight is 251 g/mol. The predicted octanol–water partition coefficient (Wildman–Crippen LogP) is 1.04. The summed E-state index contributed by atoms with van der Waals surface area (Å²) in [5.74, 6) is 0. The van der Waals surface area contributed by atoms with Crippen LogP contribution in [-0.2, 0) is 17.1 Å². The molecule has 2 rings (SSSR count). The van der Waals surface area contributed by atoms with E-state index in [-0.39, 0.29) is 4.90 Å². The summed E-state index contributed by atoms with van der Waals surface area (Å²) in [5, 5.41) is 9.17. The maximum atomic E-state index is 11.3. The zero-order valence-corrected chi connectivity index (χ0v) is 10.4. The zero-order valence-electron chi connectivity index (χ0n) is 9.58. The number of benzene rings is 1. The first kappa shape index (κ1) is 11.8. The van der Waals surface area contributed by atoms with Crippen LogP contribution in [0.4, 0.5) is 0 Å². The third kappa shape index (κ3) is 2.37. The third-order valence-corrected chi connectivity index (χ3v) is 3.59. The molecule has 90 valence electrons. The van der Waals surface area contributed by atoms with Crippen molar-refractivity contribution in [3.05, 3.63) is 36.2 Å². The molecule has 0 aliphatic heterocycles. The highest BCUT2D eigenvalue weighted by atomic mass is 32.2. The van der Waals surface area contributed by atoms with Gasteiger partial charge in [0.05, 0.1) is 11.1 Å². The lowest BCUT2D eigenvalue weighted by Gasteiger charge is -2.05. The van der Waals surface area contributed by atoms with E-state index in [4.69, 9.17) is 5.14 Å². The molecule has 5 nitrogen and oxygen atoms in total. The van der Waals surface area contributed by atoms with Gasteiger partial charge in [-0.15, -0.1) is 0 Å². The Morgan fingerprint density at radius 2 is 2.00 bits per heavy atom. The van der Waals surface area contributed by atoms with Gasteiger partial charge in [-0.3, -0.25) is 4.68 Å². The highest BCUT2D eigenvalue weighted by Crippen LogP contribution is 2.23. The van der Waals surface area contributed by atoms with Crippen molar-refractivity contribution in [3.63, 3.8) is 0 Å². The van der Waals surface area contributed by atoms with Crippen molar-refractivity contribution in [1.29, 1.82) is 0 Å². The molecule has 0 radical (unpaired) electrons. The van der Waals surface area contributed by atoms with Crippen LogP contribution in [0.5, 0.6) is 0 Å². The van der Waals surface area contributed by atoms with Gasteiger partial charge < -0.3 is 0 Å². The summed E-state index contributed by atoms with van der Waals surface area (Å²) in [4.78, 5) is 0.158. The van der Waals surface area contributed by atoms with E-state index in [2.05, 4.69) is 5.10 Å². The molecule has 6 heteroatoms. The van der Waals surface area contributed by atoms with Crippen LogP contribution in [0.25, 0.3) is 11.1 Å². The molecule has 0 saturated heterocycles. The molecule has 17 heavy (non-hydrogen) atoms. The fraction of sp³-hybridized carbons (Fsp3) is 0.182. The number of aromatic nitrogens is 2. The van der Waals surface area contributed by atoms with Crippen LogP contribution in [0.15, 0.2) is 35.5 Å². The highest BCUT2D eigenvalue weighted by molar-refractivity contribution is 7.89. The predicted molar refractivity (Wildman–Crippen MR) is 64.8 cm³/mol. The highest BCUT2D eigenvalue weighted by Gasteiger charge is 2.12. The number of rotatable bonds is 2. The van der Waals surface area contributed by atoms with Crippen molar-refractivity contribution in [2.45, 2.75) is 11.8 Å². The second kappa shape index (κ2) is 3.97. The van der Waals surface area contributed by atoms with Crippen molar-refractivity contribution in [3.8, 4) is 11.1 Å². The zero-order chi connectivity index (χ0) is 12.6. The Bertz CT molecular complexity index is 659. The van der Waals surface area contributed by atoms with Gasteiger partial charge in [-0.1, -0.05) is 6.07 Å². The molecule has 0 spiro atoms. The SMILES string of the molecule is Cc1cc(-c2cnn(C)c2)ccc1S(N)(=O)=O. The van der Waals surface area contributed by atoms with Crippen molar-refractivity contribution in [2.75, 3.05) is 0 Å². The number of primary sulfonamides is 1. The molecule has 0 fully saturated rings. The first-order chi connectivity index (χ1) is 7.88. The van der Waals surface area contributed by atoms with Gasteiger partial charge >= 0.3 is 0 Å². The van der Waals surface area contributed by atoms with Crippen LogP contribution < -0.4 is 5.14 Å². The minimum Gasteiger partial charge on any atom is -0.275 e. The van der Waals surface area contributed by atoms with Crippen LogP contribution in [0.1, 0.15) is 5.56 Å². The molecule has 0 aliphatic carbocycles. The summed E-state index contributed by atoms with van der Waals surface area (Å²) in [6, 6.07) is 5.04. The maximum absolute atomic E-state index is 11.3. The van der Waals surface area contributed by atoms with E-state index in [1.807, 2.05) is 13.2 Å². The van der Waals surface area contributed by atoms with Gasteiger partial charge in [0, 0.05) is 18.8 Å². The van der Waals surface area contributed by atoms with Crippen molar-refractivity contribution in [1.82, 2.24) is 9.78 Å². The minimum atomic E-state index is -3.65. The lowest BCUT2D eigenvalue weighted by Crippen LogP contribution is -2.13. The number of nitrogens with two attached hydrogens (primary N) is 1. The van der Waals surface area contributed by atoms with E-state index in [0.717, 1.165) is 11.1 Å². The van der Waals surface area contributed by atoms with Crippen LogP contribution in [0, 0.1) is 6.92 Å². The van der Waals surface area contributed by atoms with Crippen LogP contribution in [0.3, 0.4) is 0 Å². The first-order valence-corrected chi connectivity index (χ1v) is 6.55. The Hall–Kier alpha value is -1.66. The Morgan fingerprint density at radius 3 is 2.47 bits per heavy atom. The van der Waals surface area contributed by atoms with E-state index < -0.39 is 10.0 Å². The third-order valence-electron chi connectivity index (χ3n) is 2.52. The summed E-state index contributed by atoms with van der Waals surface area (Å²) >= 11 is 0. The molecule has 0 aliphatic rings.